The number of nitro groups is 1. The third kappa shape index (κ3) is 2.08. The van der Waals surface area contributed by atoms with Crippen LogP contribution in [0.3, 0.4) is 0 Å². The zero-order valence-corrected chi connectivity index (χ0v) is 11.3. The standard InChI is InChI=1S/C16H12N2O3/c1-17-14-9-5-3-7-12(14)16(19)15(17)10-11-6-2-4-8-13(11)18(20)21/h2-10H,1H3. The van der Waals surface area contributed by atoms with Crippen LogP contribution in [0.2, 0.25) is 0 Å². The fourth-order valence-corrected chi connectivity index (χ4v) is 2.46. The number of carbonyl (C=O) groups is 1. The third-order valence-electron chi connectivity index (χ3n) is 3.53. The SMILES string of the molecule is CN1C(=Cc2ccccc2[N+](=O)[O-])C(=O)c2ccccc21. The fourth-order valence-electron chi connectivity index (χ4n) is 2.46. The number of ketones is 1. The van der Waals surface area contributed by atoms with Crippen molar-refractivity contribution in [3.8, 4) is 0 Å². The molecule has 0 atom stereocenters. The molecule has 0 aromatic heterocycles. The molecule has 0 saturated heterocycles. The van der Waals surface area contributed by atoms with Crippen LogP contribution >= 0.6 is 0 Å². The molecular formula is C16H12N2O3. The molecule has 5 heteroatoms. The smallest absolute Gasteiger partial charge is 0.276 e. The van der Waals surface area contributed by atoms with Gasteiger partial charge in [0.15, 0.2) is 0 Å². The van der Waals surface area contributed by atoms with Gasteiger partial charge in [-0.3, -0.25) is 14.9 Å². The predicted octanol–water partition coefficient (Wildman–Crippen LogP) is 3.27. The molecular weight excluding hydrogens is 268 g/mol. The van der Waals surface area contributed by atoms with E-state index in [2.05, 4.69) is 0 Å². The van der Waals surface area contributed by atoms with Crippen molar-refractivity contribution in [2.75, 3.05) is 11.9 Å². The van der Waals surface area contributed by atoms with Crippen molar-refractivity contribution >= 4 is 23.2 Å². The summed E-state index contributed by atoms with van der Waals surface area (Å²) < 4.78 is 0. The third-order valence-corrected chi connectivity index (χ3v) is 3.53. The second-order valence-electron chi connectivity index (χ2n) is 4.75. The van der Waals surface area contributed by atoms with Gasteiger partial charge in [-0.1, -0.05) is 24.3 Å². The molecule has 1 aliphatic rings. The van der Waals surface area contributed by atoms with Crippen LogP contribution in [0.4, 0.5) is 11.4 Å². The number of likely N-dealkylation sites (N-methyl/N-ethyl adjacent to an activating group) is 1. The number of para-hydroxylation sites is 2. The lowest BCUT2D eigenvalue weighted by Crippen LogP contribution is -2.13. The van der Waals surface area contributed by atoms with Crippen molar-refractivity contribution in [2.24, 2.45) is 0 Å². The Labute approximate surface area is 121 Å². The van der Waals surface area contributed by atoms with Crippen LogP contribution in [-0.2, 0) is 0 Å². The summed E-state index contributed by atoms with van der Waals surface area (Å²) in [4.78, 5) is 24.8. The molecule has 0 amide bonds. The van der Waals surface area contributed by atoms with Crippen LogP contribution < -0.4 is 4.90 Å². The van der Waals surface area contributed by atoms with Gasteiger partial charge in [0, 0.05) is 18.7 Å². The van der Waals surface area contributed by atoms with Crippen LogP contribution in [0, 0.1) is 10.1 Å². The highest BCUT2D eigenvalue weighted by Crippen LogP contribution is 2.34. The van der Waals surface area contributed by atoms with Crippen molar-refractivity contribution in [1.29, 1.82) is 0 Å². The molecule has 0 saturated carbocycles. The second kappa shape index (κ2) is 4.86. The second-order valence-corrected chi connectivity index (χ2v) is 4.75. The highest BCUT2D eigenvalue weighted by atomic mass is 16.6. The molecule has 2 aromatic carbocycles. The number of hydrogen-bond donors (Lipinski definition) is 0. The van der Waals surface area contributed by atoms with E-state index >= 15 is 0 Å². The Kier molecular flexibility index (Phi) is 3.02. The maximum absolute atomic E-state index is 12.4. The fraction of sp³-hybridized carbons (Fsp3) is 0.0625. The Balaban J connectivity index is 2.11. The zero-order chi connectivity index (χ0) is 15.0. The van der Waals surface area contributed by atoms with Gasteiger partial charge in [0.05, 0.1) is 21.9 Å². The summed E-state index contributed by atoms with van der Waals surface area (Å²) in [6, 6.07) is 13.7. The van der Waals surface area contributed by atoms with E-state index in [-0.39, 0.29) is 11.5 Å². The average Bonchev–Trinajstić information content (AvgIpc) is 2.73. The van der Waals surface area contributed by atoms with Gasteiger partial charge in [-0.05, 0) is 24.3 Å². The number of nitrogens with zero attached hydrogens (tertiary/aromatic N) is 2. The number of carbonyl (C=O) groups excluding carboxylic acids is 1. The van der Waals surface area contributed by atoms with Crippen LogP contribution in [0.5, 0.6) is 0 Å². The van der Waals surface area contributed by atoms with Gasteiger partial charge in [-0.2, -0.15) is 0 Å². The number of benzene rings is 2. The molecule has 5 nitrogen and oxygen atoms in total. The summed E-state index contributed by atoms with van der Waals surface area (Å²) >= 11 is 0. The number of nitro benzene ring substituents is 1. The summed E-state index contributed by atoms with van der Waals surface area (Å²) in [6.45, 7) is 0. The van der Waals surface area contributed by atoms with E-state index in [4.69, 9.17) is 0 Å². The topological polar surface area (TPSA) is 63.4 Å². The van der Waals surface area contributed by atoms with Gasteiger partial charge in [0.1, 0.15) is 0 Å². The van der Waals surface area contributed by atoms with Crippen LogP contribution in [0.1, 0.15) is 15.9 Å². The lowest BCUT2D eigenvalue weighted by molar-refractivity contribution is -0.385. The first-order valence-corrected chi connectivity index (χ1v) is 6.42. The number of anilines is 1. The number of Topliss-reactive ketones (excluding diaryl/α,β-unsaturated/α-hetero) is 1. The molecule has 2 aromatic rings. The van der Waals surface area contributed by atoms with E-state index in [1.807, 2.05) is 12.1 Å². The summed E-state index contributed by atoms with van der Waals surface area (Å²) in [5, 5.41) is 11.1. The average molecular weight is 280 g/mol. The van der Waals surface area contributed by atoms with E-state index < -0.39 is 4.92 Å². The first-order valence-electron chi connectivity index (χ1n) is 6.42. The first kappa shape index (κ1) is 13.1. The normalized spacial score (nSPS) is 15.4. The molecule has 0 unspecified atom stereocenters. The van der Waals surface area contributed by atoms with E-state index in [0.29, 0.717) is 16.8 Å². The quantitative estimate of drug-likeness (QED) is 0.481. The van der Waals surface area contributed by atoms with Crippen molar-refractivity contribution in [2.45, 2.75) is 0 Å². The van der Waals surface area contributed by atoms with E-state index in [1.54, 1.807) is 48.4 Å². The van der Waals surface area contributed by atoms with Gasteiger partial charge in [-0.25, -0.2) is 0 Å². The number of allylic oxidation sites excluding steroid dienone is 1. The first-order chi connectivity index (χ1) is 10.1. The van der Waals surface area contributed by atoms with Gasteiger partial charge >= 0.3 is 0 Å². The van der Waals surface area contributed by atoms with Crippen molar-refractivity contribution in [1.82, 2.24) is 0 Å². The summed E-state index contributed by atoms with van der Waals surface area (Å²) in [7, 11) is 1.78. The van der Waals surface area contributed by atoms with Gasteiger partial charge in [-0.15, -0.1) is 0 Å². The zero-order valence-electron chi connectivity index (χ0n) is 11.3. The van der Waals surface area contributed by atoms with Crippen LogP contribution in [0.15, 0.2) is 54.2 Å². The van der Waals surface area contributed by atoms with Crippen LogP contribution in [0.25, 0.3) is 6.08 Å². The lowest BCUT2D eigenvalue weighted by Gasteiger charge is -2.13. The minimum absolute atomic E-state index is 0.0119. The van der Waals surface area contributed by atoms with Crippen molar-refractivity contribution in [3.05, 3.63) is 75.5 Å². The molecule has 0 bridgehead atoms. The Morgan fingerprint density at radius 2 is 1.76 bits per heavy atom. The van der Waals surface area contributed by atoms with Crippen molar-refractivity contribution < 1.29 is 9.72 Å². The summed E-state index contributed by atoms with van der Waals surface area (Å²) in [5.41, 5.74) is 2.27. The molecule has 0 aliphatic carbocycles. The highest BCUT2D eigenvalue weighted by molar-refractivity contribution is 6.21. The monoisotopic (exact) mass is 280 g/mol. The summed E-state index contributed by atoms with van der Waals surface area (Å²) in [6.07, 6.45) is 1.57. The Hall–Kier alpha value is -2.95. The minimum atomic E-state index is -0.445. The number of fused-ring (bicyclic) bond motifs is 1. The largest absolute Gasteiger partial charge is 0.341 e. The molecule has 1 aliphatic heterocycles. The summed E-state index contributed by atoms with van der Waals surface area (Å²) in [5.74, 6) is -0.119. The highest BCUT2D eigenvalue weighted by Gasteiger charge is 2.29. The van der Waals surface area contributed by atoms with Gasteiger partial charge in [0.25, 0.3) is 5.69 Å². The maximum atomic E-state index is 12.4. The maximum Gasteiger partial charge on any atom is 0.276 e. The van der Waals surface area contributed by atoms with E-state index in [9.17, 15) is 14.9 Å². The van der Waals surface area contributed by atoms with Gasteiger partial charge < -0.3 is 4.90 Å². The molecule has 0 fully saturated rings. The molecule has 0 radical (unpaired) electrons. The molecule has 1 heterocycles. The number of rotatable bonds is 2. The molecule has 0 spiro atoms. The molecule has 21 heavy (non-hydrogen) atoms. The Morgan fingerprint density at radius 3 is 2.48 bits per heavy atom. The van der Waals surface area contributed by atoms with Crippen molar-refractivity contribution in [3.63, 3.8) is 0 Å². The Bertz CT molecular complexity index is 781. The lowest BCUT2D eigenvalue weighted by atomic mass is 10.1. The molecule has 0 N–H and O–H groups in total. The van der Waals surface area contributed by atoms with Gasteiger partial charge in [0.2, 0.25) is 5.78 Å². The van der Waals surface area contributed by atoms with Crippen LogP contribution in [-0.4, -0.2) is 17.8 Å². The minimum Gasteiger partial charge on any atom is -0.341 e. The number of hydrogen-bond acceptors (Lipinski definition) is 4. The van der Waals surface area contributed by atoms with E-state index in [0.717, 1.165) is 5.69 Å². The van der Waals surface area contributed by atoms with E-state index in [1.165, 1.54) is 6.07 Å². The predicted molar refractivity (Wildman–Crippen MR) is 80.2 cm³/mol. The molecule has 3 rings (SSSR count). The molecule has 104 valence electrons. The Morgan fingerprint density at radius 1 is 1.10 bits per heavy atom.